The lowest BCUT2D eigenvalue weighted by molar-refractivity contribution is -0.137. The SMILES string of the molecule is CN1C[C@H]2COC[C@@H]1CN(C(=O)c1ccc(C(F)(F)F)cc1)C2. The number of carbonyl (C=O) groups excluding carboxylic acids is 1. The van der Waals surface area contributed by atoms with E-state index >= 15 is 0 Å². The van der Waals surface area contributed by atoms with Crippen molar-refractivity contribution in [1.29, 1.82) is 0 Å². The summed E-state index contributed by atoms with van der Waals surface area (Å²) in [5, 5.41) is 0. The van der Waals surface area contributed by atoms with Crippen LogP contribution in [0.4, 0.5) is 13.2 Å². The Bertz CT molecular complexity index is 574. The fraction of sp³-hybridized carbons (Fsp3) is 0.562. The molecule has 23 heavy (non-hydrogen) atoms. The molecule has 2 heterocycles. The molecule has 0 N–H and O–H groups in total. The molecule has 2 bridgehead atoms. The standard InChI is InChI=1S/C16H19F3N2O2/c1-20-6-11-7-21(8-14(20)10-23-9-11)15(22)12-2-4-13(5-3-12)16(17,18)19/h2-5,11,14H,6-10H2,1H3/t11-,14+/m1/s1. The number of alkyl halides is 3. The molecular formula is C16H19F3N2O2. The van der Waals surface area contributed by atoms with Crippen molar-refractivity contribution in [2.75, 3.05) is 39.9 Å². The summed E-state index contributed by atoms with van der Waals surface area (Å²) < 4.78 is 43.5. The first-order chi connectivity index (χ1) is 10.8. The molecule has 0 saturated carbocycles. The Labute approximate surface area is 132 Å². The van der Waals surface area contributed by atoms with Gasteiger partial charge in [-0.1, -0.05) is 0 Å². The zero-order valence-electron chi connectivity index (χ0n) is 12.8. The van der Waals surface area contributed by atoms with Gasteiger partial charge in [-0.25, -0.2) is 0 Å². The first-order valence-corrected chi connectivity index (χ1v) is 7.59. The van der Waals surface area contributed by atoms with Crippen molar-refractivity contribution in [3.05, 3.63) is 35.4 Å². The van der Waals surface area contributed by atoms with E-state index in [2.05, 4.69) is 4.90 Å². The number of halogens is 3. The molecule has 2 aliphatic rings. The fourth-order valence-corrected chi connectivity index (χ4v) is 3.20. The van der Waals surface area contributed by atoms with E-state index in [4.69, 9.17) is 4.74 Å². The van der Waals surface area contributed by atoms with Crippen molar-refractivity contribution in [2.45, 2.75) is 12.2 Å². The highest BCUT2D eigenvalue weighted by Gasteiger charge is 2.34. The number of ether oxygens (including phenoxy) is 1. The highest BCUT2D eigenvalue weighted by atomic mass is 19.4. The van der Waals surface area contributed by atoms with Gasteiger partial charge in [0.2, 0.25) is 0 Å². The summed E-state index contributed by atoms with van der Waals surface area (Å²) in [6, 6.07) is 4.56. The second-order valence-corrected chi connectivity index (χ2v) is 6.28. The van der Waals surface area contributed by atoms with Gasteiger partial charge in [-0.2, -0.15) is 13.2 Å². The summed E-state index contributed by atoms with van der Waals surface area (Å²) in [4.78, 5) is 16.6. The van der Waals surface area contributed by atoms with Crippen LogP contribution in [-0.4, -0.2) is 61.6 Å². The molecule has 1 aromatic carbocycles. The molecule has 2 saturated heterocycles. The third-order valence-electron chi connectivity index (χ3n) is 4.49. The number of hydrogen-bond donors (Lipinski definition) is 0. The number of carbonyl (C=O) groups is 1. The van der Waals surface area contributed by atoms with E-state index in [0.717, 1.165) is 18.7 Å². The van der Waals surface area contributed by atoms with E-state index in [1.54, 1.807) is 4.90 Å². The molecule has 7 heteroatoms. The van der Waals surface area contributed by atoms with Crippen LogP contribution in [0.15, 0.2) is 24.3 Å². The van der Waals surface area contributed by atoms with Crippen molar-refractivity contribution in [1.82, 2.24) is 9.80 Å². The van der Waals surface area contributed by atoms with Gasteiger partial charge in [0.15, 0.2) is 0 Å². The minimum Gasteiger partial charge on any atom is -0.379 e. The second-order valence-electron chi connectivity index (χ2n) is 6.28. The third kappa shape index (κ3) is 3.50. The number of nitrogens with zero attached hydrogens (tertiary/aromatic N) is 2. The van der Waals surface area contributed by atoms with Gasteiger partial charge < -0.3 is 9.64 Å². The lowest BCUT2D eigenvalue weighted by Gasteiger charge is -2.29. The van der Waals surface area contributed by atoms with Crippen LogP contribution in [0, 0.1) is 5.92 Å². The molecule has 0 aromatic heterocycles. The van der Waals surface area contributed by atoms with E-state index in [1.165, 1.54) is 12.1 Å². The number of hydrogen-bond acceptors (Lipinski definition) is 3. The average molecular weight is 328 g/mol. The maximum atomic E-state index is 12.6. The fourth-order valence-electron chi connectivity index (χ4n) is 3.20. The molecule has 1 amide bonds. The van der Waals surface area contributed by atoms with Crippen molar-refractivity contribution in [3.8, 4) is 0 Å². The monoisotopic (exact) mass is 328 g/mol. The summed E-state index contributed by atoms with van der Waals surface area (Å²) in [7, 11) is 2.01. The number of benzene rings is 1. The Morgan fingerprint density at radius 1 is 1.13 bits per heavy atom. The molecule has 1 aromatic rings. The Morgan fingerprint density at radius 3 is 2.48 bits per heavy atom. The Morgan fingerprint density at radius 2 is 1.83 bits per heavy atom. The topological polar surface area (TPSA) is 32.8 Å². The first kappa shape index (κ1) is 16.3. The molecular weight excluding hydrogens is 309 g/mol. The van der Waals surface area contributed by atoms with Gasteiger partial charge in [-0.05, 0) is 31.3 Å². The van der Waals surface area contributed by atoms with Gasteiger partial charge in [-0.3, -0.25) is 9.69 Å². The molecule has 2 fully saturated rings. The first-order valence-electron chi connectivity index (χ1n) is 7.59. The molecule has 0 aliphatic carbocycles. The smallest absolute Gasteiger partial charge is 0.379 e. The van der Waals surface area contributed by atoms with Gasteiger partial charge in [-0.15, -0.1) is 0 Å². The number of likely N-dealkylation sites (N-methyl/N-ethyl adjacent to an activating group) is 1. The van der Waals surface area contributed by atoms with Crippen LogP contribution in [0.1, 0.15) is 15.9 Å². The van der Waals surface area contributed by atoms with E-state index in [1.807, 2.05) is 7.05 Å². The molecule has 0 radical (unpaired) electrons. The Kier molecular flexibility index (Phi) is 4.33. The van der Waals surface area contributed by atoms with E-state index in [0.29, 0.717) is 31.9 Å². The summed E-state index contributed by atoms with van der Waals surface area (Å²) in [6.07, 6.45) is -4.39. The minimum atomic E-state index is -4.39. The van der Waals surface area contributed by atoms with Gasteiger partial charge in [0.1, 0.15) is 0 Å². The third-order valence-corrected chi connectivity index (χ3v) is 4.49. The highest BCUT2D eigenvalue weighted by Crippen LogP contribution is 2.29. The minimum absolute atomic E-state index is 0.126. The zero-order chi connectivity index (χ0) is 16.6. The van der Waals surface area contributed by atoms with E-state index in [-0.39, 0.29) is 17.9 Å². The summed E-state index contributed by atoms with van der Waals surface area (Å²) in [6.45, 7) is 3.15. The van der Waals surface area contributed by atoms with Gasteiger partial charge >= 0.3 is 6.18 Å². The molecule has 0 spiro atoms. The van der Waals surface area contributed by atoms with Crippen LogP contribution < -0.4 is 0 Å². The molecule has 4 nitrogen and oxygen atoms in total. The quantitative estimate of drug-likeness (QED) is 0.792. The van der Waals surface area contributed by atoms with Crippen LogP contribution in [0.25, 0.3) is 0 Å². The van der Waals surface area contributed by atoms with Gasteiger partial charge in [0.25, 0.3) is 5.91 Å². The average Bonchev–Trinajstić information content (AvgIpc) is 2.74. The maximum absolute atomic E-state index is 12.6. The number of fused-ring (bicyclic) bond motifs is 3. The number of amides is 1. The van der Waals surface area contributed by atoms with Crippen LogP contribution in [-0.2, 0) is 10.9 Å². The lowest BCUT2D eigenvalue weighted by Crippen LogP contribution is -2.44. The molecule has 126 valence electrons. The maximum Gasteiger partial charge on any atom is 0.416 e. The largest absolute Gasteiger partial charge is 0.416 e. The number of rotatable bonds is 1. The summed E-state index contributed by atoms with van der Waals surface area (Å²) in [5.74, 6) is 0.0109. The molecule has 3 rings (SSSR count). The van der Waals surface area contributed by atoms with E-state index in [9.17, 15) is 18.0 Å². The second kappa shape index (κ2) is 6.13. The summed E-state index contributed by atoms with van der Waals surface area (Å²) >= 11 is 0. The zero-order valence-corrected chi connectivity index (χ0v) is 12.8. The van der Waals surface area contributed by atoms with Crippen molar-refractivity contribution >= 4 is 5.91 Å². The van der Waals surface area contributed by atoms with Crippen LogP contribution >= 0.6 is 0 Å². The predicted molar refractivity (Wildman–Crippen MR) is 78.1 cm³/mol. The molecule has 2 aliphatic heterocycles. The van der Waals surface area contributed by atoms with Crippen LogP contribution in [0.3, 0.4) is 0 Å². The van der Waals surface area contributed by atoms with Crippen molar-refractivity contribution in [3.63, 3.8) is 0 Å². The predicted octanol–water partition coefficient (Wildman–Crippen LogP) is 2.11. The lowest BCUT2D eigenvalue weighted by atomic mass is 10.1. The van der Waals surface area contributed by atoms with E-state index < -0.39 is 11.7 Å². The Balaban J connectivity index is 1.77. The van der Waals surface area contributed by atoms with Gasteiger partial charge in [0, 0.05) is 31.1 Å². The molecule has 2 atom stereocenters. The normalized spacial score (nSPS) is 26.0. The Hall–Kier alpha value is -1.60. The summed E-state index contributed by atoms with van der Waals surface area (Å²) in [5.41, 5.74) is -0.448. The van der Waals surface area contributed by atoms with Crippen LogP contribution in [0.2, 0.25) is 0 Å². The molecule has 0 unspecified atom stereocenters. The van der Waals surface area contributed by atoms with Crippen LogP contribution in [0.5, 0.6) is 0 Å². The highest BCUT2D eigenvalue weighted by molar-refractivity contribution is 5.94. The van der Waals surface area contributed by atoms with Crippen molar-refractivity contribution < 1.29 is 22.7 Å². The van der Waals surface area contributed by atoms with Gasteiger partial charge in [0.05, 0.1) is 24.8 Å². The van der Waals surface area contributed by atoms with Crippen molar-refractivity contribution in [2.24, 2.45) is 5.92 Å².